The summed E-state index contributed by atoms with van der Waals surface area (Å²) < 4.78 is 0. The number of aromatic amines is 1. The first-order valence-electron chi connectivity index (χ1n) is 38.6. The summed E-state index contributed by atoms with van der Waals surface area (Å²) in [5.74, 6) is -25.1. The number of carboxylic acid groups (broad SMARTS) is 5. The molecule has 43 heteroatoms. The molecule has 0 aliphatic carbocycles. The zero-order valence-corrected chi connectivity index (χ0v) is 68.3. The SMILES string of the molecule is CC(C)C[C@H](NC(=O)[C@H](C)NC(=O)[C@@H](N)[C@@H](C)O)C(=O)N[C@@H](CCC(=O)O)C(=O)N[C@@H](CCC(=O)O)C(=O)N[C@H](C(=O)N[C@@H](CC(C)C)C(=O)N[C@@H](CO)C(=O)N[C@@H](Cc1c[nH]c2ccccc12)C(=O)N[C@@H](CC(C)C)C(=O)N[C@@H](CC(C)C)C(=O)N[C@@H](CO)C(=O)N[C@@H](C)C(=O)N[C@@H](CCC(=O)O)C(=O)N[C@@H](CC(=O)O)C(=O)O)C(C)C. The van der Waals surface area contributed by atoms with Gasteiger partial charge in [-0.05, 0) is 107 Å². The van der Waals surface area contributed by atoms with Crippen molar-refractivity contribution in [3.05, 3.63) is 36.0 Å². The van der Waals surface area contributed by atoms with E-state index >= 15 is 0 Å². The Balaban J connectivity index is 2.52. The van der Waals surface area contributed by atoms with Crippen molar-refractivity contribution in [2.75, 3.05) is 13.2 Å². The van der Waals surface area contributed by atoms with Crippen molar-refractivity contribution in [3.63, 3.8) is 0 Å². The van der Waals surface area contributed by atoms with Crippen molar-refractivity contribution in [1.82, 2.24) is 79.4 Å². The van der Waals surface area contributed by atoms with Crippen LogP contribution in [-0.2, 0) is 97.5 Å². The van der Waals surface area contributed by atoms with E-state index < -0.39 is 279 Å². The number of aliphatic carboxylic acids is 5. The van der Waals surface area contributed by atoms with Gasteiger partial charge >= 0.3 is 29.8 Å². The maximum Gasteiger partial charge on any atom is 0.326 e. The third-order valence-electron chi connectivity index (χ3n) is 18.1. The lowest BCUT2D eigenvalue weighted by molar-refractivity contribution is -0.147. The number of aromatic nitrogens is 1. The zero-order valence-electron chi connectivity index (χ0n) is 68.3. The fourth-order valence-electron chi connectivity index (χ4n) is 11.7. The molecule has 2 rings (SSSR count). The molecule has 1 aromatic carbocycles. The number of carbonyl (C=O) groups is 19. The summed E-state index contributed by atoms with van der Waals surface area (Å²) >= 11 is 0. The van der Waals surface area contributed by atoms with E-state index in [0.717, 1.165) is 6.92 Å². The quantitative estimate of drug-likeness (QED) is 0.0296. The smallest absolute Gasteiger partial charge is 0.326 e. The Morgan fingerprint density at radius 3 is 1.00 bits per heavy atom. The van der Waals surface area contributed by atoms with Crippen LogP contribution >= 0.6 is 0 Å². The van der Waals surface area contributed by atoms with Crippen LogP contribution in [0.5, 0.6) is 0 Å². The van der Waals surface area contributed by atoms with Gasteiger partial charge in [0.15, 0.2) is 0 Å². The summed E-state index contributed by atoms with van der Waals surface area (Å²) in [6, 6.07) is -17.9. The second-order valence-corrected chi connectivity index (χ2v) is 30.8. The molecule has 118 heavy (non-hydrogen) atoms. The van der Waals surface area contributed by atoms with Crippen LogP contribution < -0.4 is 80.2 Å². The molecule has 14 amide bonds. The number of benzene rings is 1. The monoisotopic (exact) mass is 1670 g/mol. The van der Waals surface area contributed by atoms with Crippen LogP contribution in [0.15, 0.2) is 30.5 Å². The first-order chi connectivity index (χ1) is 55.0. The van der Waals surface area contributed by atoms with Gasteiger partial charge in [-0.25, -0.2) is 4.79 Å². The van der Waals surface area contributed by atoms with Crippen molar-refractivity contribution in [3.8, 4) is 0 Å². The lowest BCUT2D eigenvalue weighted by Crippen LogP contribution is -2.62. The van der Waals surface area contributed by atoms with E-state index in [4.69, 9.17) is 10.8 Å². The lowest BCUT2D eigenvalue weighted by Gasteiger charge is -2.29. The molecule has 43 nitrogen and oxygen atoms in total. The van der Waals surface area contributed by atoms with Crippen molar-refractivity contribution < 1.29 is 132 Å². The van der Waals surface area contributed by atoms with E-state index in [1.807, 2.05) is 5.32 Å². The van der Waals surface area contributed by atoms with Gasteiger partial charge in [-0.2, -0.15) is 0 Å². The molecule has 0 bridgehead atoms. The molecule has 25 N–H and O–H groups in total. The molecule has 16 atom stereocenters. The van der Waals surface area contributed by atoms with Crippen LogP contribution in [0.25, 0.3) is 10.9 Å². The fraction of sp³-hybridized carbons (Fsp3) is 0.640. The highest BCUT2D eigenvalue weighted by atomic mass is 16.4. The zero-order chi connectivity index (χ0) is 89.9. The largest absolute Gasteiger partial charge is 0.481 e. The predicted octanol–water partition coefficient (Wildman–Crippen LogP) is -4.78. The summed E-state index contributed by atoms with van der Waals surface area (Å²) in [6.45, 7) is 17.7. The van der Waals surface area contributed by atoms with Crippen LogP contribution in [-0.4, -0.2) is 268 Å². The number of aliphatic hydroxyl groups is 3. The molecule has 0 aliphatic rings. The van der Waals surface area contributed by atoms with Crippen molar-refractivity contribution >= 4 is 123 Å². The molecule has 0 spiro atoms. The van der Waals surface area contributed by atoms with E-state index in [1.54, 1.807) is 85.9 Å². The number of nitrogens with one attached hydrogen (secondary N) is 15. The summed E-state index contributed by atoms with van der Waals surface area (Å²) in [5, 5.41) is 112. The van der Waals surface area contributed by atoms with E-state index in [-0.39, 0.29) is 49.9 Å². The number of carboxylic acids is 5. The number of rotatable bonds is 54. The van der Waals surface area contributed by atoms with Crippen LogP contribution in [0.3, 0.4) is 0 Å². The molecule has 2 aromatic rings. The number of hydrogen-bond donors (Lipinski definition) is 24. The average molecular weight is 1680 g/mol. The Labute approximate surface area is 680 Å². The predicted molar refractivity (Wildman–Crippen MR) is 417 cm³/mol. The number of hydrogen-bond acceptors (Lipinski definition) is 23. The first-order valence-corrected chi connectivity index (χ1v) is 38.6. The van der Waals surface area contributed by atoms with Crippen LogP contribution in [0.4, 0.5) is 0 Å². The summed E-state index contributed by atoms with van der Waals surface area (Å²) in [6.07, 6.45) is -5.81. The molecule has 0 fully saturated rings. The molecule has 0 radical (unpaired) electrons. The molecular formula is C75H118N16O27. The summed E-state index contributed by atoms with van der Waals surface area (Å²) in [4.78, 5) is 257. The van der Waals surface area contributed by atoms with Gasteiger partial charge in [-0.1, -0.05) is 87.4 Å². The molecule has 660 valence electrons. The second kappa shape index (κ2) is 50.2. The van der Waals surface area contributed by atoms with Crippen molar-refractivity contribution in [2.24, 2.45) is 35.3 Å². The van der Waals surface area contributed by atoms with Crippen LogP contribution in [0.2, 0.25) is 0 Å². The maximum absolute atomic E-state index is 14.9. The molecule has 0 saturated heterocycles. The number of nitrogens with two attached hydrogens (primary N) is 1. The molecule has 0 saturated carbocycles. The minimum Gasteiger partial charge on any atom is -0.481 e. The Bertz CT molecular complexity index is 3850. The minimum absolute atomic E-state index is 0.0704. The standard InChI is InChI=1S/C75H118N16O27/c1-33(2)24-47(83-62(104)39(12)79-73(115)59(76)40(13)94)66(108)82-45(19-22-56(97)98)63(105)81-46(20-23-57(99)100)65(107)91-60(37(9)10)74(116)87-50(27-36(7)8)69(111)90-54(32-93)72(114)86-51(28-41-30-77-43-17-15-14-16-42(41)43)70(112)85-48(25-34(3)4)67(109)84-49(26-35(5)6)68(110)89-53(31-92)71(113)78-38(11)61(103)80-44(18-21-55(95)96)64(106)88-52(75(117)118)29-58(101)102/h14-17,30,33-40,44-54,59-60,77,92-94H,18-29,31-32,76H2,1-13H3,(H,78,113)(H,79,115)(H,80,103)(H,81,105)(H,82,108)(H,83,104)(H,84,109)(H,85,112)(H,86,114)(H,87,116)(H,88,106)(H,89,110)(H,90,111)(H,91,107)(H,95,96)(H,97,98)(H,99,100)(H,101,102)(H,117,118)/t38-,39-,40+,44-,45-,46-,47-,48-,49-,50-,51-,52-,53-,54-,59-,60-/m0/s1. The second-order valence-electron chi connectivity index (χ2n) is 30.8. The normalized spacial score (nSPS) is 15.4. The Morgan fingerprint density at radius 1 is 0.347 bits per heavy atom. The fourth-order valence-corrected chi connectivity index (χ4v) is 11.7. The van der Waals surface area contributed by atoms with Gasteiger partial charge in [0.2, 0.25) is 82.7 Å². The van der Waals surface area contributed by atoms with E-state index in [1.165, 1.54) is 27.7 Å². The van der Waals surface area contributed by atoms with Gasteiger partial charge < -0.3 is 126 Å². The van der Waals surface area contributed by atoms with E-state index in [2.05, 4.69) is 74.1 Å². The van der Waals surface area contributed by atoms with Crippen molar-refractivity contribution in [1.29, 1.82) is 0 Å². The molecular weight excluding hydrogens is 1560 g/mol. The number of fused-ring (bicyclic) bond motifs is 1. The highest BCUT2D eigenvalue weighted by Crippen LogP contribution is 2.21. The van der Waals surface area contributed by atoms with E-state index in [9.17, 15) is 127 Å². The Hall–Kier alpha value is -11.5. The average Bonchev–Trinajstić information content (AvgIpc) is 1.64. The highest BCUT2D eigenvalue weighted by molar-refractivity contribution is 6.01. The molecule has 0 aliphatic heterocycles. The Kier molecular flexibility index (Phi) is 43.7. The molecule has 0 unspecified atom stereocenters. The lowest BCUT2D eigenvalue weighted by atomic mass is 9.98. The maximum atomic E-state index is 14.9. The van der Waals surface area contributed by atoms with Gasteiger partial charge in [0.05, 0.1) is 25.7 Å². The van der Waals surface area contributed by atoms with Gasteiger partial charge in [0, 0.05) is 42.8 Å². The highest BCUT2D eigenvalue weighted by Gasteiger charge is 2.40. The Morgan fingerprint density at radius 2 is 0.644 bits per heavy atom. The molecule has 1 heterocycles. The number of H-pyrrole nitrogens is 1. The topological polar surface area (TPSA) is 696 Å². The number of amides is 14. The first kappa shape index (κ1) is 103. The van der Waals surface area contributed by atoms with Crippen LogP contribution in [0.1, 0.15) is 166 Å². The van der Waals surface area contributed by atoms with Gasteiger partial charge in [0.1, 0.15) is 90.6 Å². The van der Waals surface area contributed by atoms with Gasteiger partial charge in [0.25, 0.3) is 0 Å². The van der Waals surface area contributed by atoms with Crippen LogP contribution in [0, 0.1) is 29.6 Å². The number of carbonyl (C=O) groups excluding carboxylic acids is 14. The summed E-state index contributed by atoms with van der Waals surface area (Å²) in [7, 11) is 0. The number of para-hydroxylation sites is 1. The third kappa shape index (κ3) is 36.4. The minimum atomic E-state index is -2.00. The third-order valence-corrected chi connectivity index (χ3v) is 18.1. The van der Waals surface area contributed by atoms with Crippen molar-refractivity contribution in [2.45, 2.75) is 264 Å². The van der Waals surface area contributed by atoms with Gasteiger partial charge in [-0.15, -0.1) is 0 Å². The van der Waals surface area contributed by atoms with E-state index in [0.29, 0.717) is 16.5 Å². The summed E-state index contributed by atoms with van der Waals surface area (Å²) in [5.41, 5.74) is 6.74. The van der Waals surface area contributed by atoms with Gasteiger partial charge in [-0.3, -0.25) is 86.3 Å². The number of aliphatic hydroxyl groups excluding tert-OH is 3. The molecule has 1 aromatic heterocycles.